The quantitative estimate of drug-likeness (QED) is 0.747. The Kier molecular flexibility index (Phi) is 3.60. The molecule has 0 aliphatic carbocycles. The highest BCUT2D eigenvalue weighted by Crippen LogP contribution is 2.22. The molecular weight excluding hydrogens is 222 g/mol. The summed E-state index contributed by atoms with van der Waals surface area (Å²) < 4.78 is 29.5. The second-order valence-corrected chi connectivity index (χ2v) is 3.04. The average Bonchev–Trinajstić information content (AvgIpc) is 2.20. The maximum absolute atomic E-state index is 12.6. The van der Waals surface area contributed by atoms with Crippen molar-refractivity contribution in [1.29, 1.82) is 0 Å². The molecule has 1 heterocycles. The molecule has 0 saturated carbocycles. The van der Waals surface area contributed by atoms with Crippen LogP contribution in [0.25, 0.3) is 0 Å². The van der Waals surface area contributed by atoms with Crippen LogP contribution in [-0.2, 0) is 16.0 Å². The first-order chi connectivity index (χ1) is 7.45. The fourth-order valence-corrected chi connectivity index (χ4v) is 1.22. The van der Waals surface area contributed by atoms with Crippen LogP contribution in [0.2, 0.25) is 0 Å². The van der Waals surface area contributed by atoms with Crippen LogP contribution >= 0.6 is 0 Å². The zero-order valence-corrected chi connectivity index (χ0v) is 8.42. The van der Waals surface area contributed by atoms with Gasteiger partial charge in [0.1, 0.15) is 5.82 Å². The number of ether oxygens (including phenoxy) is 1. The number of H-pyrrole nitrogens is 1. The minimum absolute atomic E-state index is 0.172. The SMILES string of the molecule is COC(=O)Cc1c(C(F)F)cc(N)[nH]c1=O. The highest BCUT2D eigenvalue weighted by atomic mass is 19.3. The summed E-state index contributed by atoms with van der Waals surface area (Å²) in [6, 6.07) is 0.935. The molecule has 0 radical (unpaired) electrons. The Morgan fingerprint density at radius 2 is 2.25 bits per heavy atom. The van der Waals surface area contributed by atoms with Gasteiger partial charge in [0.05, 0.1) is 13.5 Å². The molecule has 0 bridgehead atoms. The van der Waals surface area contributed by atoms with E-state index in [4.69, 9.17) is 5.73 Å². The molecule has 0 unspecified atom stereocenters. The zero-order valence-electron chi connectivity index (χ0n) is 8.42. The van der Waals surface area contributed by atoms with Crippen molar-refractivity contribution >= 4 is 11.8 Å². The summed E-state index contributed by atoms with van der Waals surface area (Å²) >= 11 is 0. The number of anilines is 1. The van der Waals surface area contributed by atoms with Crippen molar-refractivity contribution in [1.82, 2.24) is 4.98 Å². The van der Waals surface area contributed by atoms with Crippen LogP contribution < -0.4 is 11.3 Å². The fraction of sp³-hybridized carbons (Fsp3) is 0.333. The average molecular weight is 232 g/mol. The van der Waals surface area contributed by atoms with Gasteiger partial charge in [0.2, 0.25) is 0 Å². The number of esters is 1. The van der Waals surface area contributed by atoms with Crippen molar-refractivity contribution in [3.8, 4) is 0 Å². The topological polar surface area (TPSA) is 85.2 Å². The number of rotatable bonds is 3. The van der Waals surface area contributed by atoms with Gasteiger partial charge >= 0.3 is 5.97 Å². The Morgan fingerprint density at radius 3 is 2.75 bits per heavy atom. The number of carbonyl (C=O) groups is 1. The van der Waals surface area contributed by atoms with E-state index in [0.29, 0.717) is 0 Å². The van der Waals surface area contributed by atoms with Crippen LogP contribution in [0, 0.1) is 0 Å². The molecule has 1 rings (SSSR count). The molecule has 16 heavy (non-hydrogen) atoms. The lowest BCUT2D eigenvalue weighted by atomic mass is 10.1. The Hall–Kier alpha value is -1.92. The van der Waals surface area contributed by atoms with Crippen LogP contribution in [0.1, 0.15) is 17.6 Å². The molecule has 0 saturated heterocycles. The summed E-state index contributed by atoms with van der Waals surface area (Å²) in [7, 11) is 1.11. The van der Waals surface area contributed by atoms with Gasteiger partial charge in [-0.2, -0.15) is 0 Å². The number of pyridine rings is 1. The first-order valence-corrected chi connectivity index (χ1v) is 4.32. The molecule has 0 spiro atoms. The molecule has 5 nitrogen and oxygen atoms in total. The summed E-state index contributed by atoms with van der Waals surface area (Å²) in [4.78, 5) is 24.4. The highest BCUT2D eigenvalue weighted by molar-refractivity contribution is 5.73. The lowest BCUT2D eigenvalue weighted by Gasteiger charge is -2.07. The summed E-state index contributed by atoms with van der Waals surface area (Å²) in [6.45, 7) is 0. The Labute approximate surface area is 89.2 Å². The van der Waals surface area contributed by atoms with Crippen molar-refractivity contribution in [3.05, 3.63) is 27.5 Å². The van der Waals surface area contributed by atoms with Gasteiger partial charge in [0, 0.05) is 11.1 Å². The molecule has 1 aromatic heterocycles. The van der Waals surface area contributed by atoms with Gasteiger partial charge in [-0.05, 0) is 6.07 Å². The molecular formula is C9H10F2N2O3. The van der Waals surface area contributed by atoms with E-state index in [1.54, 1.807) is 0 Å². The van der Waals surface area contributed by atoms with Crippen molar-refractivity contribution in [2.24, 2.45) is 0 Å². The fourth-order valence-electron chi connectivity index (χ4n) is 1.22. The molecule has 7 heteroatoms. The number of aromatic nitrogens is 1. The summed E-state index contributed by atoms with van der Waals surface area (Å²) in [5, 5.41) is 0. The van der Waals surface area contributed by atoms with E-state index in [1.165, 1.54) is 0 Å². The van der Waals surface area contributed by atoms with Gasteiger partial charge in [-0.15, -0.1) is 0 Å². The predicted molar refractivity (Wildman–Crippen MR) is 52.2 cm³/mol. The van der Waals surface area contributed by atoms with E-state index < -0.39 is 29.9 Å². The van der Waals surface area contributed by atoms with Crippen LogP contribution in [0.4, 0.5) is 14.6 Å². The van der Waals surface area contributed by atoms with Gasteiger partial charge in [-0.1, -0.05) is 0 Å². The maximum Gasteiger partial charge on any atom is 0.310 e. The number of halogens is 2. The largest absolute Gasteiger partial charge is 0.469 e. The first-order valence-electron chi connectivity index (χ1n) is 4.32. The number of methoxy groups -OCH3 is 1. The predicted octanol–water partition coefficient (Wildman–Crippen LogP) is 0.610. The normalized spacial score (nSPS) is 10.5. The van der Waals surface area contributed by atoms with Crippen molar-refractivity contribution in [2.45, 2.75) is 12.8 Å². The highest BCUT2D eigenvalue weighted by Gasteiger charge is 2.19. The van der Waals surface area contributed by atoms with E-state index in [9.17, 15) is 18.4 Å². The first kappa shape index (κ1) is 12.2. The van der Waals surface area contributed by atoms with E-state index in [1.807, 2.05) is 0 Å². The smallest absolute Gasteiger partial charge is 0.310 e. The van der Waals surface area contributed by atoms with Gasteiger partial charge in [0.25, 0.3) is 12.0 Å². The second kappa shape index (κ2) is 4.73. The van der Waals surface area contributed by atoms with Crippen molar-refractivity contribution in [3.63, 3.8) is 0 Å². The Morgan fingerprint density at radius 1 is 1.62 bits per heavy atom. The van der Waals surface area contributed by atoms with Gasteiger partial charge in [-0.3, -0.25) is 9.59 Å². The third-order valence-electron chi connectivity index (χ3n) is 1.98. The molecule has 0 aliphatic rings. The third kappa shape index (κ3) is 2.56. The standard InChI is InChI=1S/C9H10F2N2O3/c1-16-7(14)3-5-4(8(10)11)2-6(12)13-9(5)15/h2,8H,3H2,1H3,(H3,12,13,15). The molecule has 0 atom stereocenters. The molecule has 0 amide bonds. The Bertz CT molecular complexity index is 457. The van der Waals surface area contributed by atoms with Crippen LogP contribution in [0.3, 0.4) is 0 Å². The van der Waals surface area contributed by atoms with Crippen molar-refractivity contribution in [2.75, 3.05) is 12.8 Å². The van der Waals surface area contributed by atoms with Gasteiger partial charge in [-0.25, -0.2) is 8.78 Å². The molecule has 0 aromatic carbocycles. The van der Waals surface area contributed by atoms with E-state index in [-0.39, 0.29) is 11.4 Å². The lowest BCUT2D eigenvalue weighted by Crippen LogP contribution is -2.21. The summed E-state index contributed by atoms with van der Waals surface area (Å²) in [5.41, 5.74) is 3.55. The molecule has 0 aliphatic heterocycles. The molecule has 88 valence electrons. The van der Waals surface area contributed by atoms with Crippen LogP contribution in [-0.4, -0.2) is 18.1 Å². The maximum atomic E-state index is 12.6. The van der Waals surface area contributed by atoms with E-state index in [0.717, 1.165) is 13.2 Å². The Balaban J connectivity index is 3.24. The monoisotopic (exact) mass is 232 g/mol. The number of nitrogens with one attached hydrogen (secondary N) is 1. The number of nitrogen functional groups attached to an aromatic ring is 1. The lowest BCUT2D eigenvalue weighted by molar-refractivity contribution is -0.139. The number of aromatic amines is 1. The summed E-state index contributed by atoms with van der Waals surface area (Å²) in [6.07, 6.45) is -3.38. The second-order valence-electron chi connectivity index (χ2n) is 3.04. The number of nitrogens with two attached hydrogens (primary N) is 1. The molecule has 0 fully saturated rings. The number of hydrogen-bond acceptors (Lipinski definition) is 4. The van der Waals surface area contributed by atoms with Gasteiger partial charge < -0.3 is 15.5 Å². The van der Waals surface area contributed by atoms with Crippen LogP contribution in [0.5, 0.6) is 0 Å². The molecule has 3 N–H and O–H groups in total. The van der Waals surface area contributed by atoms with E-state index >= 15 is 0 Å². The van der Waals surface area contributed by atoms with Crippen LogP contribution in [0.15, 0.2) is 10.9 Å². The summed E-state index contributed by atoms with van der Waals surface area (Å²) in [5.74, 6) is -0.939. The molecule has 1 aromatic rings. The number of carbonyl (C=O) groups excluding carboxylic acids is 1. The third-order valence-corrected chi connectivity index (χ3v) is 1.98. The van der Waals surface area contributed by atoms with E-state index in [2.05, 4.69) is 9.72 Å². The minimum Gasteiger partial charge on any atom is -0.469 e. The zero-order chi connectivity index (χ0) is 12.3. The number of hydrogen-bond donors (Lipinski definition) is 2. The minimum atomic E-state index is -2.87. The number of alkyl halides is 2. The van der Waals surface area contributed by atoms with Gasteiger partial charge in [0.15, 0.2) is 0 Å². The van der Waals surface area contributed by atoms with Crippen molar-refractivity contribution < 1.29 is 18.3 Å².